The summed E-state index contributed by atoms with van der Waals surface area (Å²) in [5.41, 5.74) is 5.80. The van der Waals surface area contributed by atoms with Gasteiger partial charge in [0.15, 0.2) is 0 Å². The van der Waals surface area contributed by atoms with Crippen LogP contribution in [-0.2, 0) is 23.1 Å². The van der Waals surface area contributed by atoms with Crippen molar-refractivity contribution < 1.29 is 23.8 Å². The molecule has 3 heterocycles. The topological polar surface area (TPSA) is 112 Å². The van der Waals surface area contributed by atoms with E-state index in [0.717, 1.165) is 50.6 Å². The van der Waals surface area contributed by atoms with Crippen LogP contribution >= 0.6 is 0 Å². The molecule has 47 heavy (non-hydrogen) atoms. The molecule has 0 unspecified atom stereocenters. The fraction of sp³-hybridized carbons (Fsp3) is 0.243. The summed E-state index contributed by atoms with van der Waals surface area (Å²) >= 11 is 0. The van der Waals surface area contributed by atoms with E-state index in [1.165, 1.54) is 4.57 Å². The molecule has 10 nitrogen and oxygen atoms in total. The van der Waals surface area contributed by atoms with E-state index in [2.05, 4.69) is 34.6 Å². The number of aromatic nitrogens is 2. The van der Waals surface area contributed by atoms with Crippen LogP contribution in [0.15, 0.2) is 90.1 Å². The van der Waals surface area contributed by atoms with Gasteiger partial charge in [-0.1, -0.05) is 48.5 Å². The van der Waals surface area contributed by atoms with Crippen molar-refractivity contribution in [2.24, 2.45) is 7.05 Å². The minimum atomic E-state index is -1.06. The Kier molecular flexibility index (Phi) is 7.73. The first kappa shape index (κ1) is 30.2. The number of amides is 1. The van der Waals surface area contributed by atoms with Gasteiger partial charge in [-0.05, 0) is 51.4 Å². The second-order valence-corrected chi connectivity index (χ2v) is 12.1. The summed E-state index contributed by atoms with van der Waals surface area (Å²) in [6.07, 6.45) is 5.18. The number of hydrogen-bond acceptors (Lipinski definition) is 8. The van der Waals surface area contributed by atoms with Gasteiger partial charge in [0.2, 0.25) is 0 Å². The molecule has 2 aliphatic rings. The number of carbonyl (C=O) groups is 2. The van der Waals surface area contributed by atoms with Crippen LogP contribution in [-0.4, -0.2) is 66.3 Å². The number of alkyl carbamates (subject to hydrolysis) is 1. The molecule has 1 aliphatic carbocycles. The first-order valence-corrected chi connectivity index (χ1v) is 15.3. The highest BCUT2D eigenvalue weighted by Gasteiger charge is 2.45. The molecular weight excluding hydrogens is 596 g/mol. The number of benzene rings is 3. The molecule has 0 radical (unpaired) electrons. The molecule has 1 saturated heterocycles. The highest BCUT2D eigenvalue weighted by atomic mass is 16.5. The van der Waals surface area contributed by atoms with Crippen LogP contribution in [0.1, 0.15) is 22.6 Å². The van der Waals surface area contributed by atoms with Crippen molar-refractivity contribution in [2.75, 3.05) is 33.9 Å². The third kappa shape index (κ3) is 5.30. The third-order valence-corrected chi connectivity index (χ3v) is 9.22. The van der Waals surface area contributed by atoms with Crippen molar-refractivity contribution >= 4 is 23.2 Å². The molecule has 7 rings (SSSR count). The average Bonchev–Trinajstić information content (AvgIpc) is 3.41. The summed E-state index contributed by atoms with van der Waals surface area (Å²) in [4.78, 5) is 44.1. The molecule has 1 N–H and O–H groups in total. The number of nitrogens with zero attached hydrogens (tertiary/aromatic N) is 3. The van der Waals surface area contributed by atoms with Gasteiger partial charge in [-0.15, -0.1) is 0 Å². The van der Waals surface area contributed by atoms with Crippen LogP contribution in [0.2, 0.25) is 0 Å². The Hall–Kier alpha value is -5.48. The fourth-order valence-electron chi connectivity index (χ4n) is 6.94. The maximum absolute atomic E-state index is 13.0. The van der Waals surface area contributed by atoms with Gasteiger partial charge in [-0.2, -0.15) is 0 Å². The predicted octanol–water partition coefficient (Wildman–Crippen LogP) is 4.91. The number of aryl methyl sites for hydroxylation is 1. The molecule has 3 aromatic carbocycles. The lowest BCUT2D eigenvalue weighted by molar-refractivity contribution is -0.120. The molecule has 0 atom stereocenters. The van der Waals surface area contributed by atoms with Gasteiger partial charge >= 0.3 is 6.09 Å². The van der Waals surface area contributed by atoms with Gasteiger partial charge in [0, 0.05) is 56.8 Å². The molecular formula is C37H34N4O6. The lowest BCUT2D eigenvalue weighted by Gasteiger charge is -2.46. The van der Waals surface area contributed by atoms with E-state index in [0.29, 0.717) is 36.5 Å². The lowest BCUT2D eigenvalue weighted by Crippen LogP contribution is -2.70. The van der Waals surface area contributed by atoms with Gasteiger partial charge in [0.25, 0.3) is 5.56 Å². The molecule has 1 aliphatic heterocycles. The van der Waals surface area contributed by atoms with E-state index < -0.39 is 11.6 Å². The summed E-state index contributed by atoms with van der Waals surface area (Å²) in [5.74, 6) is 1.13. The predicted molar refractivity (Wildman–Crippen MR) is 178 cm³/mol. The number of likely N-dealkylation sites (tertiary alicyclic amines) is 1. The first-order chi connectivity index (χ1) is 22.8. The zero-order valence-electron chi connectivity index (χ0n) is 26.4. The molecule has 0 bridgehead atoms. The molecule has 2 aromatic heterocycles. The molecule has 238 valence electrons. The maximum atomic E-state index is 13.0. The van der Waals surface area contributed by atoms with Gasteiger partial charge in [0.1, 0.15) is 29.9 Å². The number of fused-ring (bicyclic) bond motifs is 4. The Morgan fingerprint density at radius 1 is 0.957 bits per heavy atom. The summed E-state index contributed by atoms with van der Waals surface area (Å²) in [6.45, 7) is 1.19. The molecule has 0 spiro atoms. The number of nitrogens with one attached hydrogen (secondary N) is 1. The Labute approximate surface area is 271 Å². The van der Waals surface area contributed by atoms with E-state index >= 15 is 0 Å². The number of carbonyl (C=O) groups excluding carboxylic acids is 2. The van der Waals surface area contributed by atoms with E-state index in [4.69, 9.17) is 14.2 Å². The fourth-order valence-corrected chi connectivity index (χ4v) is 6.94. The second kappa shape index (κ2) is 12.0. The molecule has 1 fully saturated rings. The third-order valence-electron chi connectivity index (χ3n) is 9.22. The molecule has 5 aromatic rings. The SMILES string of the molecule is COc1cc(-c2cn(C)c(=O)c3cnccc23)cc(OC)c1CN1CC(C=O)(NC(=O)OCC2c3ccccc3-c3ccccc32)C1. The Morgan fingerprint density at radius 2 is 1.60 bits per heavy atom. The zero-order valence-corrected chi connectivity index (χ0v) is 26.4. The number of pyridine rings is 2. The standard InChI is InChI=1S/C37H34N4O6/c1-40-17-30(28-12-13-38-16-29(28)35(40)43)23-14-33(45-2)31(34(15-23)46-3)18-41-20-37(21-41,22-42)39-36(44)47-19-32-26-10-6-4-8-24(26)25-9-5-7-11-27(25)32/h4-17,22,32H,18-21H2,1-3H3,(H,39,44). The Morgan fingerprint density at radius 3 is 2.21 bits per heavy atom. The number of ether oxygens (including phenoxy) is 3. The number of hydrogen-bond donors (Lipinski definition) is 1. The quantitative estimate of drug-likeness (QED) is 0.229. The normalized spacial score (nSPS) is 15.0. The van der Waals surface area contributed by atoms with Crippen LogP contribution in [0.25, 0.3) is 33.0 Å². The van der Waals surface area contributed by atoms with E-state index in [9.17, 15) is 14.4 Å². The summed E-state index contributed by atoms with van der Waals surface area (Å²) in [6, 6.07) is 21.9. The molecule has 10 heteroatoms. The van der Waals surface area contributed by atoms with Crippen molar-refractivity contribution in [3.05, 3.63) is 112 Å². The second-order valence-electron chi connectivity index (χ2n) is 12.1. The number of methoxy groups -OCH3 is 2. The Bertz CT molecular complexity index is 2010. The summed E-state index contributed by atoms with van der Waals surface area (Å²) < 4.78 is 18.9. The van der Waals surface area contributed by atoms with Crippen LogP contribution in [0, 0.1) is 0 Å². The smallest absolute Gasteiger partial charge is 0.408 e. The van der Waals surface area contributed by atoms with Gasteiger partial charge in [0.05, 0.1) is 25.2 Å². The van der Waals surface area contributed by atoms with Gasteiger partial charge < -0.3 is 28.9 Å². The molecule has 1 amide bonds. The summed E-state index contributed by atoms with van der Waals surface area (Å²) in [5, 5.41) is 4.11. The van der Waals surface area contributed by atoms with Gasteiger partial charge in [-0.3, -0.25) is 14.7 Å². The first-order valence-electron chi connectivity index (χ1n) is 15.3. The monoisotopic (exact) mass is 630 g/mol. The highest BCUT2D eigenvalue weighted by Crippen LogP contribution is 2.44. The zero-order chi connectivity index (χ0) is 32.7. The number of aldehydes is 1. The van der Waals surface area contributed by atoms with Crippen LogP contribution < -0.4 is 20.3 Å². The van der Waals surface area contributed by atoms with Crippen LogP contribution in [0.3, 0.4) is 0 Å². The van der Waals surface area contributed by atoms with Gasteiger partial charge in [-0.25, -0.2) is 4.79 Å². The largest absolute Gasteiger partial charge is 0.496 e. The minimum Gasteiger partial charge on any atom is -0.496 e. The van der Waals surface area contributed by atoms with Crippen LogP contribution in [0.4, 0.5) is 4.79 Å². The molecule has 0 saturated carbocycles. The van der Waals surface area contributed by atoms with Crippen LogP contribution in [0.5, 0.6) is 11.5 Å². The van der Waals surface area contributed by atoms with E-state index in [-0.39, 0.29) is 18.1 Å². The van der Waals surface area contributed by atoms with Crippen molar-refractivity contribution in [3.63, 3.8) is 0 Å². The number of rotatable bonds is 9. The van der Waals surface area contributed by atoms with E-state index in [1.54, 1.807) is 39.9 Å². The Balaban J connectivity index is 1.05. The van der Waals surface area contributed by atoms with Crippen molar-refractivity contribution in [1.29, 1.82) is 0 Å². The van der Waals surface area contributed by atoms with Crippen molar-refractivity contribution in [1.82, 2.24) is 19.8 Å². The minimum absolute atomic E-state index is 0.0727. The maximum Gasteiger partial charge on any atom is 0.408 e. The van der Waals surface area contributed by atoms with Crippen molar-refractivity contribution in [3.8, 4) is 33.8 Å². The summed E-state index contributed by atoms with van der Waals surface area (Å²) in [7, 11) is 4.89. The lowest BCUT2D eigenvalue weighted by atomic mass is 9.90. The van der Waals surface area contributed by atoms with E-state index in [1.807, 2.05) is 47.4 Å². The van der Waals surface area contributed by atoms with Crippen molar-refractivity contribution in [2.45, 2.75) is 18.0 Å². The highest BCUT2D eigenvalue weighted by molar-refractivity contribution is 5.96. The average molecular weight is 631 g/mol.